The zero-order chi connectivity index (χ0) is 24.4. The second-order valence-electron chi connectivity index (χ2n) is 12.2. The summed E-state index contributed by atoms with van der Waals surface area (Å²) in [5, 5.41) is 13.7. The molecule has 180 valence electrons. The van der Waals surface area contributed by atoms with Gasteiger partial charge in [-0.15, -0.1) is 0 Å². The van der Waals surface area contributed by atoms with Crippen molar-refractivity contribution in [3.63, 3.8) is 0 Å². The van der Waals surface area contributed by atoms with Gasteiger partial charge in [0.2, 0.25) is 0 Å². The van der Waals surface area contributed by atoms with Gasteiger partial charge in [0.25, 0.3) is 0 Å². The van der Waals surface area contributed by atoms with Crippen molar-refractivity contribution < 1.29 is 14.7 Å². The van der Waals surface area contributed by atoms with Crippen LogP contribution in [0.5, 0.6) is 0 Å². The number of nitrogens with zero attached hydrogens (tertiary/aromatic N) is 1. The number of aliphatic carboxylic acids is 1. The third kappa shape index (κ3) is 3.96. The van der Waals surface area contributed by atoms with Gasteiger partial charge in [-0.25, -0.2) is 4.79 Å². The molecular formula is C27H37ClN2O3. The topological polar surface area (TPSA) is 69.6 Å². The number of carbonyl (C=O) groups is 2. The average molecular weight is 473 g/mol. The van der Waals surface area contributed by atoms with Crippen molar-refractivity contribution in [3.8, 4) is 0 Å². The minimum absolute atomic E-state index is 0.157. The fourth-order valence-electron chi connectivity index (χ4n) is 6.14. The Morgan fingerprint density at radius 1 is 1.24 bits per heavy atom. The van der Waals surface area contributed by atoms with E-state index in [1.165, 1.54) is 0 Å². The Labute approximate surface area is 202 Å². The Morgan fingerprint density at radius 3 is 2.42 bits per heavy atom. The number of carbonyl (C=O) groups excluding carboxylic acids is 1. The largest absolute Gasteiger partial charge is 0.481 e. The van der Waals surface area contributed by atoms with Crippen LogP contribution in [0.1, 0.15) is 84.8 Å². The summed E-state index contributed by atoms with van der Waals surface area (Å²) in [5.41, 5.74) is 1.74. The summed E-state index contributed by atoms with van der Waals surface area (Å²) in [7, 11) is 0. The van der Waals surface area contributed by atoms with E-state index in [0.29, 0.717) is 19.3 Å². The number of urea groups is 1. The molecule has 5 rings (SSSR count). The molecule has 1 aromatic rings. The lowest BCUT2D eigenvalue weighted by Gasteiger charge is -2.53. The highest BCUT2D eigenvalue weighted by Crippen LogP contribution is 2.64. The summed E-state index contributed by atoms with van der Waals surface area (Å²) < 4.78 is 0. The number of carboxylic acids is 1. The van der Waals surface area contributed by atoms with Gasteiger partial charge in [-0.3, -0.25) is 9.69 Å². The van der Waals surface area contributed by atoms with Crippen molar-refractivity contribution in [2.45, 2.75) is 91.1 Å². The monoisotopic (exact) mass is 472 g/mol. The standard InChI is InChI=1S/C27H37ClN2O3/c1-17(2)20-14-30(27-12-11-26(15-27,16-27)22(31)32)23(33)29-25(20,6)19-8-7-18(21(28)13-19)9-10-24(3,4)5/h7-8,13-14,17H,9-12,15-16H2,1-6H3,(H,29,33)(H,31,32)/t25-,26?,27?/m0/s1. The van der Waals surface area contributed by atoms with Crippen LogP contribution in [0, 0.1) is 16.7 Å². The van der Waals surface area contributed by atoms with Crippen molar-refractivity contribution in [2.24, 2.45) is 16.7 Å². The molecule has 33 heavy (non-hydrogen) atoms. The van der Waals surface area contributed by atoms with Crippen molar-refractivity contribution in [2.75, 3.05) is 0 Å². The lowest BCUT2D eigenvalue weighted by atomic mass is 9.64. The molecule has 2 N–H and O–H groups in total. The molecule has 2 amide bonds. The number of nitrogens with one attached hydrogen (secondary N) is 1. The van der Waals surface area contributed by atoms with Gasteiger partial charge in [-0.05, 0) is 79.5 Å². The number of carboxylic acid groups (broad SMARTS) is 1. The molecule has 6 heteroatoms. The van der Waals surface area contributed by atoms with Gasteiger partial charge < -0.3 is 10.4 Å². The van der Waals surface area contributed by atoms with Crippen molar-refractivity contribution in [3.05, 3.63) is 46.1 Å². The first-order valence-electron chi connectivity index (χ1n) is 12.1. The van der Waals surface area contributed by atoms with Gasteiger partial charge >= 0.3 is 12.0 Å². The van der Waals surface area contributed by atoms with E-state index in [1.54, 1.807) is 4.90 Å². The summed E-state index contributed by atoms with van der Waals surface area (Å²) in [6.07, 6.45) is 6.42. The van der Waals surface area contributed by atoms with Gasteiger partial charge in [0.15, 0.2) is 0 Å². The van der Waals surface area contributed by atoms with Crippen LogP contribution in [0.2, 0.25) is 5.02 Å². The molecule has 1 aliphatic heterocycles. The summed E-state index contributed by atoms with van der Waals surface area (Å²) >= 11 is 6.71. The van der Waals surface area contributed by atoms with Crippen LogP contribution in [0.25, 0.3) is 0 Å². The zero-order valence-corrected chi connectivity index (χ0v) is 21.5. The first-order chi connectivity index (χ1) is 15.2. The van der Waals surface area contributed by atoms with E-state index in [0.717, 1.165) is 41.0 Å². The van der Waals surface area contributed by atoms with Crippen LogP contribution in [-0.4, -0.2) is 27.5 Å². The first-order valence-corrected chi connectivity index (χ1v) is 12.5. The van der Waals surface area contributed by atoms with Crippen LogP contribution >= 0.6 is 11.6 Å². The summed E-state index contributed by atoms with van der Waals surface area (Å²) in [6, 6.07) is 6.02. The fraction of sp³-hybridized carbons (Fsp3) is 0.630. The Kier molecular flexibility index (Phi) is 5.67. The lowest BCUT2D eigenvalue weighted by molar-refractivity contribution is -0.156. The smallest absolute Gasteiger partial charge is 0.322 e. The number of benzene rings is 1. The van der Waals surface area contributed by atoms with Gasteiger partial charge in [0.1, 0.15) is 0 Å². The molecule has 5 nitrogen and oxygen atoms in total. The van der Waals surface area contributed by atoms with Crippen LogP contribution in [-0.2, 0) is 16.8 Å². The molecule has 0 aromatic heterocycles. The Bertz CT molecular complexity index is 1020. The minimum atomic E-state index is -0.730. The molecule has 1 aromatic carbocycles. The van der Waals surface area contributed by atoms with Crippen LogP contribution in [0.3, 0.4) is 0 Å². The SMILES string of the molecule is CC(C)C1=CN(C23CCC(C(=O)O)(C2)C3)C(=O)N[C@@]1(C)c1ccc(CCC(C)(C)C)c(Cl)c1. The third-order valence-corrected chi connectivity index (χ3v) is 8.54. The molecule has 0 radical (unpaired) electrons. The fourth-order valence-corrected chi connectivity index (χ4v) is 6.42. The highest BCUT2D eigenvalue weighted by molar-refractivity contribution is 6.31. The van der Waals surface area contributed by atoms with Gasteiger partial charge in [-0.1, -0.05) is 58.4 Å². The van der Waals surface area contributed by atoms with Gasteiger partial charge in [0, 0.05) is 11.2 Å². The summed E-state index contributed by atoms with van der Waals surface area (Å²) in [4.78, 5) is 26.9. The molecule has 0 saturated heterocycles. The van der Waals surface area contributed by atoms with E-state index in [1.807, 2.05) is 19.2 Å². The number of amides is 2. The van der Waals surface area contributed by atoms with Crippen molar-refractivity contribution in [1.29, 1.82) is 0 Å². The van der Waals surface area contributed by atoms with Gasteiger partial charge in [-0.2, -0.15) is 0 Å². The highest BCUT2D eigenvalue weighted by Gasteiger charge is 2.68. The quantitative estimate of drug-likeness (QED) is 0.496. The molecule has 1 heterocycles. The van der Waals surface area contributed by atoms with Crippen molar-refractivity contribution in [1.82, 2.24) is 10.2 Å². The number of hydrogen-bond donors (Lipinski definition) is 2. The predicted octanol–water partition coefficient (Wildman–Crippen LogP) is 6.50. The molecule has 2 bridgehead atoms. The number of halogens is 1. The molecular weight excluding hydrogens is 436 g/mol. The van der Waals surface area contributed by atoms with E-state index in [9.17, 15) is 14.7 Å². The molecule has 0 spiro atoms. The molecule has 1 atom stereocenters. The van der Waals surface area contributed by atoms with E-state index < -0.39 is 16.9 Å². The zero-order valence-electron chi connectivity index (χ0n) is 20.7. The van der Waals surface area contributed by atoms with E-state index in [4.69, 9.17) is 11.6 Å². The normalized spacial score (nSPS) is 31.3. The maximum atomic E-state index is 13.4. The summed E-state index contributed by atoms with van der Waals surface area (Å²) in [5.74, 6) is -0.535. The molecule has 3 aliphatic carbocycles. The highest BCUT2D eigenvalue weighted by atomic mass is 35.5. The second kappa shape index (κ2) is 7.76. The molecule has 3 saturated carbocycles. The second-order valence-corrected chi connectivity index (χ2v) is 12.6. The Balaban J connectivity index is 1.65. The van der Waals surface area contributed by atoms with E-state index in [-0.39, 0.29) is 22.9 Å². The maximum absolute atomic E-state index is 13.4. The molecule has 0 unspecified atom stereocenters. The number of aryl methyl sites for hydroxylation is 1. The molecule has 4 aliphatic rings. The van der Waals surface area contributed by atoms with Gasteiger partial charge in [0.05, 0.1) is 16.5 Å². The van der Waals surface area contributed by atoms with Crippen LogP contribution < -0.4 is 5.32 Å². The number of hydrogen-bond acceptors (Lipinski definition) is 2. The molecule has 3 fully saturated rings. The number of fused-ring (bicyclic) bond motifs is 1. The van der Waals surface area contributed by atoms with E-state index >= 15 is 0 Å². The lowest BCUT2D eigenvalue weighted by Crippen LogP contribution is -2.64. The predicted molar refractivity (Wildman–Crippen MR) is 131 cm³/mol. The average Bonchev–Trinajstić information content (AvgIpc) is 3.24. The van der Waals surface area contributed by atoms with Crippen molar-refractivity contribution >= 4 is 23.6 Å². The Hall–Kier alpha value is -2.01. The third-order valence-electron chi connectivity index (χ3n) is 8.19. The maximum Gasteiger partial charge on any atom is 0.322 e. The van der Waals surface area contributed by atoms with Crippen LogP contribution in [0.15, 0.2) is 30.0 Å². The minimum Gasteiger partial charge on any atom is -0.481 e. The van der Waals surface area contributed by atoms with Crippen LogP contribution in [0.4, 0.5) is 4.79 Å². The summed E-state index contributed by atoms with van der Waals surface area (Å²) in [6.45, 7) is 13.0. The van der Waals surface area contributed by atoms with E-state index in [2.05, 4.69) is 52.1 Å². The first kappa shape index (κ1) is 24.1. The number of rotatable bonds is 6. The Morgan fingerprint density at radius 2 is 1.91 bits per heavy atom.